The van der Waals surface area contributed by atoms with Gasteiger partial charge >= 0.3 is 0 Å². The molecule has 0 aliphatic carbocycles. The fourth-order valence-corrected chi connectivity index (χ4v) is 3.80. The Morgan fingerprint density at radius 2 is 2.09 bits per heavy atom. The van der Waals surface area contributed by atoms with Crippen LogP contribution in [0.4, 0.5) is 10.8 Å². The Bertz CT molecular complexity index is 604. The SMILES string of the molecule is CCC1CN(c2ccccc2)CCN1c1nc(CCOC)ns1. The Hall–Kier alpha value is -1.66. The van der Waals surface area contributed by atoms with E-state index in [1.807, 2.05) is 0 Å². The fourth-order valence-electron chi connectivity index (χ4n) is 2.99. The van der Waals surface area contributed by atoms with E-state index in [4.69, 9.17) is 9.72 Å². The van der Waals surface area contributed by atoms with E-state index < -0.39 is 0 Å². The topological polar surface area (TPSA) is 41.5 Å². The van der Waals surface area contributed by atoms with Crippen molar-refractivity contribution in [3.8, 4) is 0 Å². The summed E-state index contributed by atoms with van der Waals surface area (Å²) in [5, 5.41) is 1.05. The van der Waals surface area contributed by atoms with Gasteiger partial charge in [0, 0.05) is 56.4 Å². The van der Waals surface area contributed by atoms with Gasteiger partial charge in [0.2, 0.25) is 5.13 Å². The summed E-state index contributed by atoms with van der Waals surface area (Å²) in [6, 6.07) is 11.1. The van der Waals surface area contributed by atoms with Crippen molar-refractivity contribution in [2.75, 3.05) is 43.2 Å². The van der Waals surface area contributed by atoms with E-state index >= 15 is 0 Å². The number of ether oxygens (including phenoxy) is 1. The van der Waals surface area contributed by atoms with Gasteiger partial charge in [-0.15, -0.1) is 0 Å². The van der Waals surface area contributed by atoms with Crippen molar-refractivity contribution in [3.05, 3.63) is 36.2 Å². The summed E-state index contributed by atoms with van der Waals surface area (Å²) < 4.78 is 9.58. The Kier molecular flexibility index (Phi) is 5.46. The Morgan fingerprint density at radius 3 is 2.83 bits per heavy atom. The van der Waals surface area contributed by atoms with Crippen LogP contribution in [-0.4, -0.2) is 48.8 Å². The third-order valence-electron chi connectivity index (χ3n) is 4.31. The number of methoxy groups -OCH3 is 1. The van der Waals surface area contributed by atoms with Crippen molar-refractivity contribution in [1.29, 1.82) is 0 Å². The van der Waals surface area contributed by atoms with Crippen LogP contribution >= 0.6 is 11.5 Å². The van der Waals surface area contributed by atoms with Crippen LogP contribution in [0.15, 0.2) is 30.3 Å². The molecule has 6 heteroatoms. The fraction of sp³-hybridized carbons (Fsp3) is 0.529. The third kappa shape index (κ3) is 3.82. The maximum atomic E-state index is 5.11. The van der Waals surface area contributed by atoms with Crippen molar-refractivity contribution in [3.63, 3.8) is 0 Å². The molecule has 2 aromatic rings. The van der Waals surface area contributed by atoms with Crippen molar-refractivity contribution in [2.45, 2.75) is 25.8 Å². The first kappa shape index (κ1) is 16.2. The average molecular weight is 332 g/mol. The number of aromatic nitrogens is 2. The van der Waals surface area contributed by atoms with Crippen LogP contribution in [0.1, 0.15) is 19.2 Å². The zero-order valence-electron chi connectivity index (χ0n) is 13.8. The van der Waals surface area contributed by atoms with Gasteiger partial charge in [0.15, 0.2) is 0 Å². The van der Waals surface area contributed by atoms with E-state index in [-0.39, 0.29) is 0 Å². The number of rotatable bonds is 6. The molecular formula is C17H24N4OS. The summed E-state index contributed by atoms with van der Waals surface area (Å²) in [5.74, 6) is 0.896. The predicted octanol–water partition coefficient (Wildman–Crippen LogP) is 2.83. The van der Waals surface area contributed by atoms with Crippen LogP contribution in [-0.2, 0) is 11.2 Å². The lowest BCUT2D eigenvalue weighted by atomic mass is 10.1. The van der Waals surface area contributed by atoms with Crippen LogP contribution in [0.5, 0.6) is 0 Å². The number of benzene rings is 1. The zero-order valence-corrected chi connectivity index (χ0v) is 14.6. The van der Waals surface area contributed by atoms with Crippen LogP contribution in [0, 0.1) is 0 Å². The second-order valence-electron chi connectivity index (χ2n) is 5.77. The van der Waals surface area contributed by atoms with Gasteiger partial charge in [-0.1, -0.05) is 25.1 Å². The maximum Gasteiger partial charge on any atom is 0.205 e. The number of piperazine rings is 1. The highest BCUT2D eigenvalue weighted by Crippen LogP contribution is 2.26. The van der Waals surface area contributed by atoms with E-state index in [0.717, 1.165) is 43.4 Å². The molecule has 124 valence electrons. The molecule has 0 radical (unpaired) electrons. The van der Waals surface area contributed by atoms with Crippen LogP contribution < -0.4 is 9.80 Å². The molecular weight excluding hydrogens is 308 g/mol. The Labute approximate surface area is 142 Å². The van der Waals surface area contributed by atoms with Gasteiger partial charge < -0.3 is 14.5 Å². The van der Waals surface area contributed by atoms with E-state index in [0.29, 0.717) is 12.6 Å². The molecule has 5 nitrogen and oxygen atoms in total. The summed E-state index contributed by atoms with van der Waals surface area (Å²) in [5.41, 5.74) is 1.31. The summed E-state index contributed by atoms with van der Waals surface area (Å²) in [6.45, 7) is 5.97. The molecule has 1 atom stereocenters. The molecule has 0 saturated carbocycles. The highest BCUT2D eigenvalue weighted by Gasteiger charge is 2.28. The molecule has 0 N–H and O–H groups in total. The molecule has 0 amide bonds. The minimum Gasteiger partial charge on any atom is -0.384 e. The summed E-state index contributed by atoms with van der Waals surface area (Å²) in [7, 11) is 1.71. The molecule has 1 aromatic heterocycles. The zero-order chi connectivity index (χ0) is 16.1. The predicted molar refractivity (Wildman–Crippen MR) is 95.6 cm³/mol. The third-order valence-corrected chi connectivity index (χ3v) is 5.10. The lowest BCUT2D eigenvalue weighted by Gasteiger charge is -2.42. The molecule has 1 aromatic carbocycles. The largest absolute Gasteiger partial charge is 0.384 e. The first-order valence-electron chi connectivity index (χ1n) is 8.20. The van der Waals surface area contributed by atoms with Crippen molar-refractivity contribution < 1.29 is 4.74 Å². The highest BCUT2D eigenvalue weighted by atomic mass is 32.1. The smallest absolute Gasteiger partial charge is 0.205 e. The van der Waals surface area contributed by atoms with Crippen LogP contribution in [0.2, 0.25) is 0 Å². The van der Waals surface area contributed by atoms with Crippen molar-refractivity contribution in [2.24, 2.45) is 0 Å². The van der Waals surface area contributed by atoms with Gasteiger partial charge in [0.05, 0.1) is 6.61 Å². The Balaban J connectivity index is 1.68. The van der Waals surface area contributed by atoms with Gasteiger partial charge in [0.25, 0.3) is 0 Å². The molecule has 3 rings (SSSR count). The minimum absolute atomic E-state index is 0.479. The second-order valence-corrected chi connectivity index (χ2v) is 6.50. The number of hydrogen-bond donors (Lipinski definition) is 0. The van der Waals surface area contributed by atoms with Gasteiger partial charge in [-0.2, -0.15) is 4.37 Å². The van der Waals surface area contributed by atoms with Gasteiger partial charge in [-0.3, -0.25) is 0 Å². The molecule has 1 aliphatic rings. The molecule has 1 unspecified atom stereocenters. The first-order chi connectivity index (χ1) is 11.3. The van der Waals surface area contributed by atoms with Gasteiger partial charge in [0.1, 0.15) is 5.82 Å². The second kappa shape index (κ2) is 7.75. The number of hydrogen-bond acceptors (Lipinski definition) is 6. The molecule has 1 aliphatic heterocycles. The lowest BCUT2D eigenvalue weighted by molar-refractivity contribution is 0.201. The molecule has 0 spiro atoms. The first-order valence-corrected chi connectivity index (χ1v) is 8.97. The van der Waals surface area contributed by atoms with Gasteiger partial charge in [-0.05, 0) is 18.6 Å². The Morgan fingerprint density at radius 1 is 1.26 bits per heavy atom. The highest BCUT2D eigenvalue weighted by molar-refractivity contribution is 7.09. The van der Waals surface area contributed by atoms with Crippen LogP contribution in [0.25, 0.3) is 0 Å². The minimum atomic E-state index is 0.479. The molecule has 1 fully saturated rings. The summed E-state index contributed by atoms with van der Waals surface area (Å²) >= 11 is 1.51. The van der Waals surface area contributed by atoms with Crippen molar-refractivity contribution in [1.82, 2.24) is 9.36 Å². The number of para-hydroxylation sites is 1. The lowest BCUT2D eigenvalue weighted by Crippen LogP contribution is -2.53. The average Bonchev–Trinajstić information content (AvgIpc) is 3.09. The van der Waals surface area contributed by atoms with E-state index in [1.165, 1.54) is 17.2 Å². The molecule has 2 heterocycles. The van der Waals surface area contributed by atoms with E-state index in [9.17, 15) is 0 Å². The standard InChI is InChI=1S/C17H24N4OS/c1-3-14-13-20(15-7-5-4-6-8-15)10-11-21(14)17-18-16(19-23-17)9-12-22-2/h4-8,14H,3,9-13H2,1-2H3. The number of nitrogens with zero attached hydrogens (tertiary/aromatic N) is 4. The quantitative estimate of drug-likeness (QED) is 0.814. The molecule has 0 bridgehead atoms. The van der Waals surface area contributed by atoms with Crippen molar-refractivity contribution >= 4 is 22.4 Å². The normalized spacial score (nSPS) is 18.4. The molecule has 23 heavy (non-hydrogen) atoms. The maximum absolute atomic E-state index is 5.11. The van der Waals surface area contributed by atoms with Gasteiger partial charge in [-0.25, -0.2) is 4.98 Å². The summed E-state index contributed by atoms with van der Waals surface area (Å²) in [4.78, 5) is 9.60. The summed E-state index contributed by atoms with van der Waals surface area (Å²) in [6.07, 6.45) is 1.89. The van der Waals surface area contributed by atoms with Crippen LogP contribution in [0.3, 0.4) is 0 Å². The molecule has 1 saturated heterocycles. The van der Waals surface area contributed by atoms with E-state index in [2.05, 4.69) is 51.4 Å². The number of anilines is 2. The van der Waals surface area contributed by atoms with E-state index in [1.54, 1.807) is 7.11 Å². The monoisotopic (exact) mass is 332 g/mol.